The maximum Gasteiger partial charge on any atom is 0.260 e. The molecule has 51 heavy (non-hydrogen) atoms. The minimum atomic E-state index is -0.216. The number of likely N-dealkylation sites (N-methyl/N-ethyl adjacent to an activating group) is 1. The third-order valence-electron chi connectivity index (χ3n) is 8.16. The van der Waals surface area contributed by atoms with Crippen molar-refractivity contribution in [3.8, 4) is 5.75 Å². The number of benzene rings is 1. The number of piperazine rings is 1. The molecule has 11 heteroatoms. The average Bonchev–Trinajstić information content (AvgIpc) is 3.13. The van der Waals surface area contributed by atoms with Gasteiger partial charge >= 0.3 is 0 Å². The molecule has 0 radical (unpaired) electrons. The Morgan fingerprint density at radius 2 is 1.80 bits per heavy atom. The monoisotopic (exact) mass is 724 g/mol. The Bertz CT molecular complexity index is 1410. The SMILES string of the molecule is C=C/C=C(\C=C/CCl)OCC(=O)N1CCN(CC2NC(=C)C(=C/C)/C(=C\C)N2c2cc(C(=O)CNCCNCC)ccc2OC(C)C)CC1.CC. The van der Waals surface area contributed by atoms with Crippen molar-refractivity contribution in [2.75, 3.05) is 76.3 Å². The smallest absolute Gasteiger partial charge is 0.260 e. The summed E-state index contributed by atoms with van der Waals surface area (Å²) in [6.07, 6.45) is 10.7. The van der Waals surface area contributed by atoms with Crippen LogP contribution in [0.15, 0.2) is 90.5 Å². The highest BCUT2D eigenvalue weighted by Gasteiger charge is 2.35. The number of ketones is 1. The van der Waals surface area contributed by atoms with E-state index in [1.807, 2.05) is 70.7 Å². The van der Waals surface area contributed by atoms with Crippen LogP contribution in [-0.4, -0.2) is 105 Å². The lowest BCUT2D eigenvalue weighted by atomic mass is 10.00. The molecule has 0 aromatic heterocycles. The number of rotatable bonds is 18. The molecule has 0 bridgehead atoms. The highest BCUT2D eigenvalue weighted by Crippen LogP contribution is 2.39. The Balaban J connectivity index is 0.00000442. The predicted molar refractivity (Wildman–Crippen MR) is 212 cm³/mol. The van der Waals surface area contributed by atoms with Crippen LogP contribution in [0, 0.1) is 0 Å². The molecule has 1 unspecified atom stereocenters. The number of carbonyl (C=O) groups excluding carboxylic acids is 2. The molecule has 1 atom stereocenters. The largest absolute Gasteiger partial charge is 0.489 e. The van der Waals surface area contributed by atoms with E-state index in [2.05, 4.69) is 51.9 Å². The molecule has 1 aromatic rings. The zero-order chi connectivity index (χ0) is 37.8. The molecule has 1 aromatic carbocycles. The number of carbonyl (C=O) groups is 2. The molecule has 3 N–H and O–H groups in total. The Kier molecular flexibility index (Phi) is 20.1. The predicted octanol–water partition coefficient (Wildman–Crippen LogP) is 6.01. The highest BCUT2D eigenvalue weighted by atomic mass is 35.5. The van der Waals surface area contributed by atoms with Gasteiger partial charge in [0.2, 0.25) is 0 Å². The van der Waals surface area contributed by atoms with Gasteiger partial charge in [-0.2, -0.15) is 0 Å². The van der Waals surface area contributed by atoms with E-state index in [4.69, 9.17) is 21.1 Å². The molecule has 0 spiro atoms. The van der Waals surface area contributed by atoms with E-state index in [9.17, 15) is 9.59 Å². The molecule has 282 valence electrons. The first-order valence-electron chi connectivity index (χ1n) is 18.2. The second kappa shape index (κ2) is 23.6. The van der Waals surface area contributed by atoms with Crippen molar-refractivity contribution in [3.05, 3.63) is 96.1 Å². The summed E-state index contributed by atoms with van der Waals surface area (Å²) in [5.74, 6) is 1.53. The lowest BCUT2D eigenvalue weighted by Crippen LogP contribution is -2.58. The fraction of sp³-hybridized carbons (Fsp3) is 0.500. The molecule has 2 saturated heterocycles. The van der Waals surface area contributed by atoms with Gasteiger partial charge < -0.3 is 35.2 Å². The molecule has 2 heterocycles. The van der Waals surface area contributed by atoms with Crippen molar-refractivity contribution in [1.82, 2.24) is 25.8 Å². The first-order valence-corrected chi connectivity index (χ1v) is 18.7. The van der Waals surface area contributed by atoms with Gasteiger partial charge in [-0.3, -0.25) is 14.5 Å². The number of halogens is 1. The summed E-state index contributed by atoms with van der Waals surface area (Å²) in [6, 6.07) is 5.69. The zero-order valence-electron chi connectivity index (χ0n) is 31.9. The van der Waals surface area contributed by atoms with E-state index < -0.39 is 0 Å². The molecule has 0 saturated carbocycles. The van der Waals surface area contributed by atoms with E-state index in [1.54, 1.807) is 24.3 Å². The fourth-order valence-corrected chi connectivity index (χ4v) is 5.91. The Morgan fingerprint density at radius 1 is 1.10 bits per heavy atom. The van der Waals surface area contributed by atoms with Crippen LogP contribution >= 0.6 is 11.6 Å². The second-order valence-corrected chi connectivity index (χ2v) is 12.3. The van der Waals surface area contributed by atoms with E-state index in [0.29, 0.717) is 62.2 Å². The number of anilines is 1. The number of nitrogens with zero attached hydrogens (tertiary/aromatic N) is 3. The molecule has 2 aliphatic rings. The second-order valence-electron chi connectivity index (χ2n) is 12.0. The van der Waals surface area contributed by atoms with Crippen molar-refractivity contribution < 1.29 is 19.1 Å². The fourth-order valence-electron chi connectivity index (χ4n) is 5.82. The van der Waals surface area contributed by atoms with Crippen LogP contribution in [0.5, 0.6) is 5.75 Å². The quantitative estimate of drug-likeness (QED) is 0.0554. The number of ether oxygens (including phenoxy) is 2. The van der Waals surface area contributed by atoms with Gasteiger partial charge in [0.15, 0.2) is 12.4 Å². The van der Waals surface area contributed by atoms with Gasteiger partial charge in [-0.05, 0) is 64.6 Å². The zero-order valence-corrected chi connectivity index (χ0v) is 32.7. The van der Waals surface area contributed by atoms with Gasteiger partial charge in [0.1, 0.15) is 17.7 Å². The van der Waals surface area contributed by atoms with E-state index >= 15 is 0 Å². The van der Waals surface area contributed by atoms with Crippen molar-refractivity contribution in [2.24, 2.45) is 0 Å². The number of amides is 1. The van der Waals surface area contributed by atoms with Crippen LogP contribution in [0.2, 0.25) is 0 Å². The third kappa shape index (κ3) is 13.3. The van der Waals surface area contributed by atoms with E-state index in [-0.39, 0.29) is 37.1 Å². The molecule has 10 nitrogen and oxygen atoms in total. The van der Waals surface area contributed by atoms with Gasteiger partial charge in [0.25, 0.3) is 5.91 Å². The molecular formula is C40H61ClN6O4. The number of hydrogen-bond acceptors (Lipinski definition) is 9. The van der Waals surface area contributed by atoms with Gasteiger partial charge in [-0.15, -0.1) is 11.6 Å². The van der Waals surface area contributed by atoms with Gasteiger partial charge in [-0.1, -0.05) is 58.2 Å². The van der Waals surface area contributed by atoms with Gasteiger partial charge in [0, 0.05) is 74.2 Å². The summed E-state index contributed by atoms with van der Waals surface area (Å²) in [6.45, 7) is 27.9. The van der Waals surface area contributed by atoms with Crippen molar-refractivity contribution in [3.63, 3.8) is 0 Å². The van der Waals surface area contributed by atoms with Crippen molar-refractivity contribution >= 4 is 29.0 Å². The molecule has 3 rings (SSSR count). The molecule has 0 aliphatic carbocycles. The van der Waals surface area contributed by atoms with Gasteiger partial charge in [-0.25, -0.2) is 0 Å². The molecule has 2 aliphatic heterocycles. The first-order chi connectivity index (χ1) is 24.7. The van der Waals surface area contributed by atoms with E-state index in [0.717, 1.165) is 35.7 Å². The molecule has 1 amide bonds. The lowest BCUT2D eigenvalue weighted by Gasteiger charge is -2.46. The highest BCUT2D eigenvalue weighted by molar-refractivity contribution is 6.18. The van der Waals surface area contributed by atoms with Crippen molar-refractivity contribution in [1.29, 1.82) is 0 Å². The molecular weight excluding hydrogens is 664 g/mol. The number of nitrogens with one attached hydrogen (secondary N) is 3. The van der Waals surface area contributed by atoms with Crippen LogP contribution in [0.3, 0.4) is 0 Å². The molecule has 2 fully saturated rings. The lowest BCUT2D eigenvalue weighted by molar-refractivity contribution is -0.136. The summed E-state index contributed by atoms with van der Waals surface area (Å²) in [5, 5.41) is 10.2. The summed E-state index contributed by atoms with van der Waals surface area (Å²) >= 11 is 5.76. The average molecular weight is 725 g/mol. The van der Waals surface area contributed by atoms with Crippen molar-refractivity contribution in [2.45, 2.75) is 60.7 Å². The maximum absolute atomic E-state index is 13.4. The normalized spacial score (nSPS) is 18.6. The maximum atomic E-state index is 13.4. The summed E-state index contributed by atoms with van der Waals surface area (Å²) in [7, 11) is 0. The number of Topliss-reactive ketones (excluding diaryl/α,β-unsaturated/α-hetero) is 1. The Morgan fingerprint density at radius 3 is 2.41 bits per heavy atom. The number of alkyl halides is 1. The van der Waals surface area contributed by atoms with Gasteiger partial charge in [0.05, 0.1) is 18.3 Å². The number of hydrogen-bond donors (Lipinski definition) is 3. The number of allylic oxidation sites excluding steroid dienone is 6. The summed E-state index contributed by atoms with van der Waals surface area (Å²) in [4.78, 5) is 32.8. The van der Waals surface area contributed by atoms with Crippen LogP contribution in [-0.2, 0) is 9.53 Å². The van der Waals surface area contributed by atoms with E-state index in [1.165, 1.54) is 0 Å². The minimum Gasteiger partial charge on any atom is -0.489 e. The Hall–Kier alpha value is -3.83. The summed E-state index contributed by atoms with van der Waals surface area (Å²) < 4.78 is 12.1. The van der Waals surface area contributed by atoms with Crippen LogP contribution < -0.4 is 25.6 Å². The minimum absolute atomic E-state index is 0.0139. The van der Waals surface area contributed by atoms with Crippen LogP contribution in [0.25, 0.3) is 0 Å². The topological polar surface area (TPSA) is 98.4 Å². The summed E-state index contributed by atoms with van der Waals surface area (Å²) in [5.41, 5.74) is 4.22. The third-order valence-corrected chi connectivity index (χ3v) is 8.34. The Labute approximate surface area is 311 Å². The standard InChI is InChI=1S/C38H55ClN6O4.C2H6/c1-8-13-31(14-12-17-39)48-27-38(47)44-22-20-43(21-23-44)26-37-42-29(7)32(9-2)33(10-3)45(37)34-24-30(15-16-36(34)49-28(5)6)35(46)25-41-19-18-40-11-4;1-2/h8-10,12-16,24,28,37,40-42H,1,7,11,17-23,25-27H2,2-6H3;1-2H3/b14-12-,31-13+,32-9-,33-10+;. The van der Waals surface area contributed by atoms with Crippen LogP contribution in [0.1, 0.15) is 58.8 Å². The van der Waals surface area contributed by atoms with Crippen LogP contribution in [0.4, 0.5) is 5.69 Å². The first kappa shape index (κ1) is 43.3.